The summed E-state index contributed by atoms with van der Waals surface area (Å²) in [4.78, 5) is 41.6. The average Bonchev–Trinajstić information content (AvgIpc) is 3.29. The van der Waals surface area contributed by atoms with Gasteiger partial charge in [-0.3, -0.25) is 25.2 Å². The van der Waals surface area contributed by atoms with Crippen LogP contribution in [-0.4, -0.2) is 35.9 Å². The van der Waals surface area contributed by atoms with Crippen LogP contribution in [0.25, 0.3) is 10.9 Å². The number of methoxy groups -OCH3 is 1. The summed E-state index contributed by atoms with van der Waals surface area (Å²) in [6, 6.07) is 19.6. The molecule has 178 valence electrons. The lowest BCUT2D eigenvalue weighted by Crippen LogP contribution is -2.53. The monoisotopic (exact) mass is 490 g/mol. The number of hydrogen-bond acceptors (Lipinski definition) is 4. The van der Waals surface area contributed by atoms with Gasteiger partial charge in [-0.2, -0.15) is 0 Å². The molecule has 0 saturated heterocycles. The number of hydrazine groups is 1. The van der Waals surface area contributed by atoms with Gasteiger partial charge in [-0.1, -0.05) is 41.9 Å². The van der Waals surface area contributed by atoms with E-state index in [1.807, 2.05) is 24.3 Å². The second-order valence-electron chi connectivity index (χ2n) is 7.74. The number of para-hydroxylation sites is 1. The Kier molecular flexibility index (Phi) is 7.32. The third kappa shape index (κ3) is 5.62. The van der Waals surface area contributed by atoms with Crippen molar-refractivity contribution in [2.75, 3.05) is 7.11 Å². The Bertz CT molecular complexity index is 1370. The van der Waals surface area contributed by atoms with Gasteiger partial charge in [-0.05, 0) is 48.0 Å². The minimum Gasteiger partial charge on any atom is -0.497 e. The van der Waals surface area contributed by atoms with Gasteiger partial charge in [0.05, 0.1) is 17.7 Å². The molecule has 0 aliphatic rings. The van der Waals surface area contributed by atoms with E-state index >= 15 is 0 Å². The molecule has 0 unspecified atom stereocenters. The molecule has 0 bridgehead atoms. The van der Waals surface area contributed by atoms with Crippen molar-refractivity contribution in [3.8, 4) is 5.75 Å². The smallest absolute Gasteiger partial charge is 0.269 e. The number of carbonyl (C=O) groups is 3. The van der Waals surface area contributed by atoms with Crippen LogP contribution < -0.4 is 20.9 Å². The molecule has 4 aromatic rings. The lowest BCUT2D eigenvalue weighted by atomic mass is 10.0. The molecule has 0 radical (unpaired) electrons. The van der Waals surface area contributed by atoms with Crippen LogP contribution >= 0.6 is 11.6 Å². The summed E-state index contributed by atoms with van der Waals surface area (Å²) in [5.41, 5.74) is 7.13. The Morgan fingerprint density at radius 1 is 0.914 bits per heavy atom. The molecule has 0 fully saturated rings. The van der Waals surface area contributed by atoms with Gasteiger partial charge in [0.2, 0.25) is 0 Å². The molecule has 0 saturated carbocycles. The number of ether oxygens (including phenoxy) is 1. The van der Waals surface area contributed by atoms with Crippen LogP contribution in [0.4, 0.5) is 0 Å². The number of nitrogens with one attached hydrogen (secondary N) is 4. The molecule has 4 N–H and O–H groups in total. The van der Waals surface area contributed by atoms with Crippen LogP contribution in [0.3, 0.4) is 0 Å². The Hall–Kier alpha value is -4.30. The number of aromatic nitrogens is 1. The molecular weight excluding hydrogens is 468 g/mol. The Morgan fingerprint density at radius 3 is 2.37 bits per heavy atom. The summed E-state index contributed by atoms with van der Waals surface area (Å²) >= 11 is 6.16. The molecule has 0 spiro atoms. The molecule has 3 amide bonds. The van der Waals surface area contributed by atoms with Gasteiger partial charge in [0.1, 0.15) is 11.8 Å². The fraction of sp³-hybridized carbons (Fsp3) is 0.115. The number of carbonyl (C=O) groups excluding carboxylic acids is 3. The van der Waals surface area contributed by atoms with Crippen LogP contribution in [-0.2, 0) is 11.2 Å². The first-order valence-electron chi connectivity index (χ1n) is 10.8. The first-order chi connectivity index (χ1) is 17.0. The fourth-order valence-corrected chi connectivity index (χ4v) is 3.85. The van der Waals surface area contributed by atoms with Crippen molar-refractivity contribution < 1.29 is 19.1 Å². The van der Waals surface area contributed by atoms with E-state index in [4.69, 9.17) is 16.3 Å². The topological polar surface area (TPSA) is 112 Å². The van der Waals surface area contributed by atoms with Gasteiger partial charge < -0.3 is 15.0 Å². The van der Waals surface area contributed by atoms with E-state index in [1.165, 1.54) is 7.11 Å². The summed E-state index contributed by atoms with van der Waals surface area (Å²) in [6.07, 6.45) is 1.98. The zero-order valence-electron chi connectivity index (χ0n) is 18.8. The van der Waals surface area contributed by atoms with Crippen molar-refractivity contribution in [1.29, 1.82) is 0 Å². The van der Waals surface area contributed by atoms with Crippen molar-refractivity contribution >= 4 is 40.2 Å². The van der Waals surface area contributed by atoms with Gasteiger partial charge in [-0.25, -0.2) is 0 Å². The predicted octanol–water partition coefficient (Wildman–Crippen LogP) is 3.63. The third-order valence-corrected chi connectivity index (χ3v) is 5.82. The number of H-pyrrole nitrogens is 1. The second kappa shape index (κ2) is 10.8. The molecule has 8 nitrogen and oxygen atoms in total. The number of aromatic amines is 1. The lowest BCUT2D eigenvalue weighted by molar-refractivity contribution is -0.123. The number of fused-ring (bicyclic) bond motifs is 1. The van der Waals surface area contributed by atoms with Crippen LogP contribution in [0.15, 0.2) is 79.0 Å². The normalized spacial score (nSPS) is 11.5. The van der Waals surface area contributed by atoms with E-state index in [9.17, 15) is 14.4 Å². The third-order valence-electron chi connectivity index (χ3n) is 5.49. The summed E-state index contributed by atoms with van der Waals surface area (Å²) in [6.45, 7) is 0. The van der Waals surface area contributed by atoms with Crippen LogP contribution in [0.1, 0.15) is 26.3 Å². The maximum Gasteiger partial charge on any atom is 0.269 e. The Balaban J connectivity index is 1.51. The maximum atomic E-state index is 13.1. The zero-order chi connectivity index (χ0) is 24.8. The first kappa shape index (κ1) is 23.8. The highest BCUT2D eigenvalue weighted by Crippen LogP contribution is 2.20. The molecule has 1 heterocycles. The molecule has 1 aromatic heterocycles. The second-order valence-corrected chi connectivity index (χ2v) is 8.15. The quantitative estimate of drug-likeness (QED) is 0.296. The number of benzene rings is 3. The zero-order valence-corrected chi connectivity index (χ0v) is 19.6. The molecule has 1 atom stereocenters. The number of rotatable bonds is 7. The molecular formula is C26H23ClN4O4. The molecule has 4 rings (SSSR count). The van der Waals surface area contributed by atoms with Crippen LogP contribution in [0.5, 0.6) is 5.75 Å². The van der Waals surface area contributed by atoms with Crippen molar-refractivity contribution in [2.24, 2.45) is 0 Å². The summed E-state index contributed by atoms with van der Waals surface area (Å²) in [7, 11) is 1.53. The first-order valence-corrected chi connectivity index (χ1v) is 11.2. The maximum absolute atomic E-state index is 13.1. The van der Waals surface area contributed by atoms with E-state index < -0.39 is 23.8 Å². The summed E-state index contributed by atoms with van der Waals surface area (Å²) in [5, 5.41) is 3.94. The van der Waals surface area contributed by atoms with Crippen LogP contribution in [0, 0.1) is 0 Å². The van der Waals surface area contributed by atoms with Crippen molar-refractivity contribution in [2.45, 2.75) is 12.5 Å². The van der Waals surface area contributed by atoms with Gasteiger partial charge in [0, 0.05) is 29.1 Å². The van der Waals surface area contributed by atoms with E-state index in [0.717, 1.165) is 16.5 Å². The Morgan fingerprint density at radius 2 is 1.63 bits per heavy atom. The average molecular weight is 491 g/mol. The number of hydrogen-bond donors (Lipinski definition) is 4. The van der Waals surface area contributed by atoms with Gasteiger partial charge in [0.15, 0.2) is 0 Å². The number of amides is 3. The van der Waals surface area contributed by atoms with Crippen molar-refractivity contribution in [3.63, 3.8) is 0 Å². The van der Waals surface area contributed by atoms with E-state index in [2.05, 4.69) is 21.2 Å². The fourth-order valence-electron chi connectivity index (χ4n) is 3.63. The molecule has 35 heavy (non-hydrogen) atoms. The molecule has 3 aromatic carbocycles. The van der Waals surface area contributed by atoms with Crippen molar-refractivity contribution in [1.82, 2.24) is 21.2 Å². The van der Waals surface area contributed by atoms with Gasteiger partial charge in [-0.15, -0.1) is 0 Å². The van der Waals surface area contributed by atoms with Crippen molar-refractivity contribution in [3.05, 3.63) is 101 Å². The van der Waals surface area contributed by atoms with Crippen LogP contribution in [0.2, 0.25) is 5.02 Å². The lowest BCUT2D eigenvalue weighted by Gasteiger charge is -2.19. The highest BCUT2D eigenvalue weighted by molar-refractivity contribution is 6.33. The van der Waals surface area contributed by atoms with E-state index in [-0.39, 0.29) is 17.0 Å². The molecule has 9 heteroatoms. The minimum absolute atomic E-state index is 0.185. The molecule has 0 aliphatic carbocycles. The minimum atomic E-state index is -0.992. The SMILES string of the molecule is COc1ccc(C(=O)NNC(=O)[C@H](Cc2c[nH]c3ccccc23)NC(=O)c2ccccc2Cl)cc1. The van der Waals surface area contributed by atoms with Gasteiger partial charge >= 0.3 is 0 Å². The standard InChI is InChI=1S/C26H23ClN4O4/c1-35-18-12-10-16(11-13-18)24(32)30-31-26(34)23(29-25(33)20-7-2-4-8-21(20)27)14-17-15-28-22-9-5-3-6-19(17)22/h2-13,15,23,28H,14H2,1H3,(H,29,33)(H,30,32)(H,31,34)/t23-/m0/s1. The highest BCUT2D eigenvalue weighted by atomic mass is 35.5. The largest absolute Gasteiger partial charge is 0.497 e. The summed E-state index contributed by atoms with van der Waals surface area (Å²) < 4.78 is 5.09. The van der Waals surface area contributed by atoms with E-state index in [1.54, 1.807) is 54.7 Å². The van der Waals surface area contributed by atoms with Gasteiger partial charge in [0.25, 0.3) is 17.7 Å². The predicted molar refractivity (Wildman–Crippen MR) is 133 cm³/mol. The summed E-state index contributed by atoms with van der Waals surface area (Å²) in [5.74, 6) is -0.995. The van der Waals surface area contributed by atoms with E-state index in [0.29, 0.717) is 11.3 Å². The molecule has 0 aliphatic heterocycles. The Labute approximate surface area is 206 Å². The number of halogens is 1. The highest BCUT2D eigenvalue weighted by Gasteiger charge is 2.24.